The molecule has 1 aromatic carbocycles. The lowest BCUT2D eigenvalue weighted by molar-refractivity contribution is 1.01. The van der Waals surface area contributed by atoms with Crippen molar-refractivity contribution in [2.24, 2.45) is 0 Å². The molecule has 1 heterocycles. The van der Waals surface area contributed by atoms with Crippen LogP contribution in [0.25, 0.3) is 11.4 Å². The quantitative estimate of drug-likeness (QED) is 0.513. The van der Waals surface area contributed by atoms with Crippen LogP contribution in [-0.2, 0) is 0 Å². The molecule has 0 spiro atoms. The van der Waals surface area contributed by atoms with Gasteiger partial charge in [0.2, 0.25) is 0 Å². The summed E-state index contributed by atoms with van der Waals surface area (Å²) < 4.78 is 0. The smallest absolute Gasteiger partial charge is 0.162 e. The average Bonchev–Trinajstić information content (AvgIpc) is 3.30. The van der Waals surface area contributed by atoms with Crippen LogP contribution in [0.1, 0.15) is 18.4 Å². The van der Waals surface area contributed by atoms with Crippen molar-refractivity contribution in [1.29, 1.82) is 5.26 Å². The Bertz CT molecular complexity index is 720. The fourth-order valence-corrected chi connectivity index (χ4v) is 2.74. The van der Waals surface area contributed by atoms with Gasteiger partial charge in [0.05, 0.1) is 0 Å². The van der Waals surface area contributed by atoms with Gasteiger partial charge in [-0.25, -0.2) is 9.97 Å². The van der Waals surface area contributed by atoms with E-state index in [9.17, 15) is 5.26 Å². The number of aromatic nitrogens is 2. The summed E-state index contributed by atoms with van der Waals surface area (Å²) in [5.74, 6) is 1.26. The highest BCUT2D eigenvalue weighted by Gasteiger charge is 2.24. The molecule has 3 rings (SSSR count). The Hall–Kier alpha value is -1.71. The molecule has 0 atom stereocenters. The van der Waals surface area contributed by atoms with Crippen LogP contribution in [0, 0.1) is 11.3 Å². The van der Waals surface area contributed by atoms with Crippen LogP contribution in [0.2, 0.25) is 0 Å². The maximum absolute atomic E-state index is 9.37. The van der Waals surface area contributed by atoms with Crippen LogP contribution in [0.4, 0.5) is 5.82 Å². The normalized spacial score (nSPS) is 13.8. The largest absolute Gasteiger partial charge is 0.366 e. The first-order valence-corrected chi connectivity index (χ1v) is 8.30. The van der Waals surface area contributed by atoms with Crippen LogP contribution in [0.5, 0.6) is 0 Å². The Balaban J connectivity index is 2.10. The van der Waals surface area contributed by atoms with Crippen molar-refractivity contribution in [3.63, 3.8) is 0 Å². The Morgan fingerprint density at radius 2 is 2.19 bits per heavy atom. The summed E-state index contributed by atoms with van der Waals surface area (Å²) in [5, 5.41) is 13.4. The number of nitrogens with zero attached hydrogens (tertiary/aromatic N) is 3. The minimum Gasteiger partial charge on any atom is -0.366 e. The van der Waals surface area contributed by atoms with Crippen molar-refractivity contribution in [2.75, 3.05) is 11.6 Å². The number of hydrogen-bond acceptors (Lipinski definition) is 6. The fraction of sp³-hybridized carbons (Fsp3) is 0.267. The third-order valence-corrected chi connectivity index (χ3v) is 4.16. The Morgan fingerprint density at radius 1 is 1.38 bits per heavy atom. The predicted molar refractivity (Wildman–Crippen MR) is 87.9 cm³/mol. The highest BCUT2D eigenvalue weighted by atomic mass is 32.2. The Morgan fingerprint density at radius 3 is 2.81 bits per heavy atom. The molecule has 1 N–H and O–H groups in total. The van der Waals surface area contributed by atoms with E-state index in [1.54, 1.807) is 0 Å². The lowest BCUT2D eigenvalue weighted by atomic mass is 10.2. The molecule has 106 valence electrons. The van der Waals surface area contributed by atoms with Gasteiger partial charge in [0.25, 0.3) is 0 Å². The van der Waals surface area contributed by atoms with Crippen molar-refractivity contribution in [1.82, 2.24) is 9.97 Å². The summed E-state index contributed by atoms with van der Waals surface area (Å²) in [5.41, 5.74) is 1.43. The zero-order valence-electron chi connectivity index (χ0n) is 11.5. The van der Waals surface area contributed by atoms with E-state index in [4.69, 9.17) is 0 Å². The second-order valence-electron chi connectivity index (χ2n) is 4.86. The zero-order valence-corrected chi connectivity index (χ0v) is 13.2. The summed E-state index contributed by atoms with van der Waals surface area (Å²) in [7, 11) is 0. The van der Waals surface area contributed by atoms with E-state index < -0.39 is 0 Å². The number of anilines is 1. The van der Waals surface area contributed by atoms with Gasteiger partial charge in [-0.2, -0.15) is 5.26 Å². The maximum Gasteiger partial charge on any atom is 0.162 e. The van der Waals surface area contributed by atoms with Crippen LogP contribution in [-0.4, -0.2) is 22.3 Å². The minimum atomic E-state index is 0.436. The number of benzene rings is 1. The van der Waals surface area contributed by atoms with Crippen LogP contribution in [0.3, 0.4) is 0 Å². The number of rotatable bonds is 4. The fourth-order valence-electron chi connectivity index (χ4n) is 1.99. The molecule has 0 unspecified atom stereocenters. The number of thioether (sulfide) groups is 1. The van der Waals surface area contributed by atoms with E-state index in [-0.39, 0.29) is 0 Å². The van der Waals surface area contributed by atoms with Gasteiger partial charge in [-0.1, -0.05) is 12.1 Å². The van der Waals surface area contributed by atoms with Gasteiger partial charge < -0.3 is 5.32 Å². The molecule has 21 heavy (non-hydrogen) atoms. The molecule has 0 aliphatic heterocycles. The molecule has 2 aromatic rings. The van der Waals surface area contributed by atoms with Gasteiger partial charge in [0.15, 0.2) is 5.82 Å². The van der Waals surface area contributed by atoms with E-state index in [0.717, 1.165) is 23.3 Å². The Labute approximate surface area is 133 Å². The van der Waals surface area contributed by atoms with E-state index >= 15 is 0 Å². The van der Waals surface area contributed by atoms with E-state index in [0.29, 0.717) is 28.3 Å². The molecule has 4 nitrogen and oxygen atoms in total. The van der Waals surface area contributed by atoms with Gasteiger partial charge in [-0.3, -0.25) is 0 Å². The first-order chi connectivity index (χ1) is 10.2. The van der Waals surface area contributed by atoms with Crippen LogP contribution in [0.15, 0.2) is 34.2 Å². The third kappa shape index (κ3) is 3.14. The molecule has 0 bridgehead atoms. The molecule has 1 aliphatic carbocycles. The van der Waals surface area contributed by atoms with Gasteiger partial charge in [0, 0.05) is 16.5 Å². The van der Waals surface area contributed by atoms with Gasteiger partial charge in [-0.15, -0.1) is 24.4 Å². The first kappa shape index (κ1) is 14.2. The molecule has 0 radical (unpaired) electrons. The topological polar surface area (TPSA) is 61.6 Å². The predicted octanol–water partition coefficient (Wildman–Crippen LogP) is 3.60. The standard InChI is InChI=1S/C15H14N4S2/c1-21-15-12(8-16)14(17-10-5-6-10)18-13(19-15)9-3-2-4-11(20)7-9/h2-4,7,10,20H,5-6H2,1H3,(H,17,18,19). The van der Waals surface area contributed by atoms with Crippen molar-refractivity contribution in [3.05, 3.63) is 29.8 Å². The van der Waals surface area contributed by atoms with Crippen molar-refractivity contribution in [3.8, 4) is 17.5 Å². The number of nitriles is 1. The van der Waals surface area contributed by atoms with Crippen LogP contribution < -0.4 is 5.32 Å². The molecule has 1 aliphatic rings. The molecular weight excluding hydrogens is 300 g/mol. The van der Waals surface area contributed by atoms with Crippen LogP contribution >= 0.6 is 24.4 Å². The summed E-state index contributed by atoms with van der Waals surface area (Å²) in [4.78, 5) is 9.93. The number of nitrogens with one attached hydrogen (secondary N) is 1. The monoisotopic (exact) mass is 314 g/mol. The summed E-state index contributed by atoms with van der Waals surface area (Å²) >= 11 is 5.82. The van der Waals surface area contributed by atoms with Gasteiger partial charge in [-0.05, 0) is 31.2 Å². The van der Waals surface area contributed by atoms with E-state index in [1.165, 1.54) is 11.8 Å². The summed E-state index contributed by atoms with van der Waals surface area (Å²) in [6.45, 7) is 0. The van der Waals surface area contributed by atoms with E-state index in [1.807, 2.05) is 30.5 Å². The van der Waals surface area contributed by atoms with E-state index in [2.05, 4.69) is 34.0 Å². The number of hydrogen-bond donors (Lipinski definition) is 2. The minimum absolute atomic E-state index is 0.436. The molecular formula is C15H14N4S2. The molecule has 6 heteroatoms. The molecule has 1 saturated carbocycles. The lowest BCUT2D eigenvalue weighted by Gasteiger charge is -2.11. The molecule has 1 fully saturated rings. The highest BCUT2D eigenvalue weighted by Crippen LogP contribution is 2.31. The lowest BCUT2D eigenvalue weighted by Crippen LogP contribution is -2.08. The Kier molecular flexibility index (Phi) is 4.04. The second kappa shape index (κ2) is 5.96. The average molecular weight is 314 g/mol. The third-order valence-electron chi connectivity index (χ3n) is 3.20. The van der Waals surface area contributed by atoms with Gasteiger partial charge >= 0.3 is 0 Å². The molecule has 0 saturated heterocycles. The SMILES string of the molecule is CSc1nc(-c2cccc(S)c2)nc(NC2CC2)c1C#N. The molecule has 0 amide bonds. The summed E-state index contributed by atoms with van der Waals surface area (Å²) in [6, 6.07) is 10.4. The number of thiol groups is 1. The molecule has 1 aromatic heterocycles. The maximum atomic E-state index is 9.37. The van der Waals surface area contributed by atoms with Crippen molar-refractivity contribution >= 4 is 30.2 Å². The van der Waals surface area contributed by atoms with Crippen molar-refractivity contribution in [2.45, 2.75) is 28.8 Å². The van der Waals surface area contributed by atoms with Crippen molar-refractivity contribution < 1.29 is 0 Å². The first-order valence-electron chi connectivity index (χ1n) is 6.63. The zero-order chi connectivity index (χ0) is 14.8. The second-order valence-corrected chi connectivity index (χ2v) is 6.17. The van der Waals surface area contributed by atoms with Gasteiger partial charge in [0.1, 0.15) is 22.5 Å². The highest BCUT2D eigenvalue weighted by molar-refractivity contribution is 7.98. The summed E-state index contributed by atoms with van der Waals surface area (Å²) in [6.07, 6.45) is 4.18.